The van der Waals surface area contributed by atoms with E-state index in [4.69, 9.17) is 9.47 Å². The molecule has 0 amide bonds. The van der Waals surface area contributed by atoms with E-state index in [1.807, 2.05) is 13.8 Å². The molecule has 0 fully saturated rings. The number of ether oxygens (including phenoxy) is 2. The van der Waals surface area contributed by atoms with Crippen LogP contribution in [-0.4, -0.2) is 36.5 Å². The van der Waals surface area contributed by atoms with Crippen molar-refractivity contribution in [3.63, 3.8) is 0 Å². The van der Waals surface area contributed by atoms with Crippen molar-refractivity contribution in [2.24, 2.45) is 11.8 Å². The van der Waals surface area contributed by atoms with Crippen molar-refractivity contribution in [3.05, 3.63) is 52.4 Å². The highest BCUT2D eigenvalue weighted by molar-refractivity contribution is 6.12. The first-order valence-electron chi connectivity index (χ1n) is 10.1. The molecule has 1 aromatic rings. The third-order valence-electron chi connectivity index (χ3n) is 5.60. The summed E-state index contributed by atoms with van der Waals surface area (Å²) in [5.74, 6) is -3.40. The molecular formula is C23H27NO6. The Labute approximate surface area is 175 Å². The number of nitrogens with one attached hydrogen (secondary N) is 1. The van der Waals surface area contributed by atoms with Gasteiger partial charge in [-0.05, 0) is 43.4 Å². The maximum absolute atomic E-state index is 13.5. The van der Waals surface area contributed by atoms with Gasteiger partial charge in [-0.3, -0.25) is 9.59 Å². The summed E-state index contributed by atoms with van der Waals surface area (Å²) in [6.07, 6.45) is 1.13. The fraction of sp³-hybridized carbons (Fsp3) is 0.435. The summed E-state index contributed by atoms with van der Waals surface area (Å²) in [7, 11) is 1.26. The Hall–Kier alpha value is -3.09. The minimum atomic E-state index is -0.943. The van der Waals surface area contributed by atoms with Gasteiger partial charge in [0.2, 0.25) is 0 Å². The molecule has 1 aliphatic carbocycles. The van der Waals surface area contributed by atoms with Crippen molar-refractivity contribution < 1.29 is 29.0 Å². The molecule has 7 nitrogen and oxygen atoms in total. The van der Waals surface area contributed by atoms with Crippen molar-refractivity contribution in [2.45, 2.75) is 39.5 Å². The Balaban J connectivity index is 2.16. The van der Waals surface area contributed by atoms with Crippen LogP contribution in [0, 0.1) is 11.8 Å². The standard InChI is InChI=1S/C23H27NO6/c1-5-9-30-23(28)18-13(3)24-16-10-12(2)17(22(27)29-4)21(26)20(16)19(18)14-7-6-8-15(25)11-14/h6-8,11-12,17,19,24-25H,5,9-10H2,1-4H3/t12-,17-,19+/m1/s1. The lowest BCUT2D eigenvalue weighted by atomic mass is 9.69. The SMILES string of the molecule is CCCOC(=O)C1=C(C)NC2=C(C(=O)[C@H](C(=O)OC)[C@H](C)C2)[C@H]1c1cccc(O)c1. The van der Waals surface area contributed by atoms with E-state index in [-0.39, 0.29) is 24.1 Å². The van der Waals surface area contributed by atoms with Crippen LogP contribution in [0.4, 0.5) is 0 Å². The highest BCUT2D eigenvalue weighted by atomic mass is 16.5. The van der Waals surface area contributed by atoms with Gasteiger partial charge in [0.25, 0.3) is 0 Å². The van der Waals surface area contributed by atoms with Crippen LogP contribution in [0.2, 0.25) is 0 Å². The number of carbonyl (C=O) groups excluding carboxylic acids is 3. The summed E-state index contributed by atoms with van der Waals surface area (Å²) >= 11 is 0. The smallest absolute Gasteiger partial charge is 0.336 e. The van der Waals surface area contributed by atoms with Crippen LogP contribution in [0.25, 0.3) is 0 Å². The number of methoxy groups -OCH3 is 1. The van der Waals surface area contributed by atoms with Crippen molar-refractivity contribution in [2.75, 3.05) is 13.7 Å². The number of rotatable bonds is 5. The van der Waals surface area contributed by atoms with E-state index < -0.39 is 23.8 Å². The zero-order valence-electron chi connectivity index (χ0n) is 17.7. The number of phenolic OH excluding ortho intramolecular Hbond substituents is 1. The normalized spacial score (nSPS) is 23.6. The molecule has 30 heavy (non-hydrogen) atoms. The molecule has 1 aliphatic heterocycles. The van der Waals surface area contributed by atoms with Gasteiger partial charge in [-0.2, -0.15) is 0 Å². The maximum atomic E-state index is 13.5. The molecular weight excluding hydrogens is 386 g/mol. The van der Waals surface area contributed by atoms with E-state index in [0.717, 1.165) is 0 Å². The first-order valence-corrected chi connectivity index (χ1v) is 10.1. The summed E-state index contributed by atoms with van der Waals surface area (Å²) < 4.78 is 10.3. The number of Topliss-reactive ketones (excluding diaryl/α,β-unsaturated/α-hetero) is 1. The fourth-order valence-corrected chi connectivity index (χ4v) is 4.26. The molecule has 160 valence electrons. The van der Waals surface area contributed by atoms with Gasteiger partial charge in [-0.25, -0.2) is 4.79 Å². The molecule has 1 heterocycles. The van der Waals surface area contributed by atoms with Crippen LogP contribution in [0.5, 0.6) is 5.75 Å². The molecule has 0 saturated carbocycles. The monoisotopic (exact) mass is 413 g/mol. The third-order valence-corrected chi connectivity index (χ3v) is 5.60. The fourth-order valence-electron chi connectivity index (χ4n) is 4.26. The molecule has 0 aromatic heterocycles. The number of dihydropyridines is 1. The average Bonchev–Trinajstić information content (AvgIpc) is 2.70. The van der Waals surface area contributed by atoms with E-state index in [1.54, 1.807) is 19.1 Å². The zero-order chi connectivity index (χ0) is 22.0. The highest BCUT2D eigenvalue weighted by Crippen LogP contribution is 2.45. The lowest BCUT2D eigenvalue weighted by molar-refractivity contribution is -0.151. The lowest BCUT2D eigenvalue weighted by Gasteiger charge is -2.38. The van der Waals surface area contributed by atoms with Crippen LogP contribution in [0.1, 0.15) is 45.1 Å². The number of ketones is 1. The average molecular weight is 413 g/mol. The first kappa shape index (κ1) is 21.6. The third kappa shape index (κ3) is 3.84. The van der Waals surface area contributed by atoms with Gasteiger partial charge >= 0.3 is 11.9 Å². The second-order valence-corrected chi connectivity index (χ2v) is 7.77. The van der Waals surface area contributed by atoms with Crippen LogP contribution < -0.4 is 5.32 Å². The Kier molecular flexibility index (Phi) is 6.29. The molecule has 3 rings (SSSR count). The summed E-state index contributed by atoms with van der Waals surface area (Å²) in [5, 5.41) is 13.2. The topological polar surface area (TPSA) is 102 Å². The number of benzene rings is 1. The molecule has 0 radical (unpaired) electrons. The predicted molar refractivity (Wildman–Crippen MR) is 109 cm³/mol. The second kappa shape index (κ2) is 8.73. The molecule has 0 spiro atoms. The number of aromatic hydroxyl groups is 1. The van der Waals surface area contributed by atoms with Gasteiger partial charge in [0.05, 0.1) is 19.3 Å². The summed E-state index contributed by atoms with van der Waals surface area (Å²) in [4.78, 5) is 38.8. The van der Waals surface area contributed by atoms with E-state index >= 15 is 0 Å². The quantitative estimate of drug-likeness (QED) is 0.565. The van der Waals surface area contributed by atoms with Gasteiger partial charge < -0.3 is 19.9 Å². The highest BCUT2D eigenvalue weighted by Gasteiger charge is 2.47. The zero-order valence-corrected chi connectivity index (χ0v) is 17.7. The number of phenols is 1. The molecule has 2 aliphatic rings. The van der Waals surface area contributed by atoms with Gasteiger partial charge in [0.1, 0.15) is 11.7 Å². The second-order valence-electron chi connectivity index (χ2n) is 7.77. The van der Waals surface area contributed by atoms with Crippen molar-refractivity contribution in [1.82, 2.24) is 5.32 Å². The van der Waals surface area contributed by atoms with Crippen LogP contribution in [0.15, 0.2) is 46.8 Å². The van der Waals surface area contributed by atoms with Gasteiger partial charge in [0.15, 0.2) is 5.78 Å². The lowest BCUT2D eigenvalue weighted by Crippen LogP contribution is -2.43. The maximum Gasteiger partial charge on any atom is 0.336 e. The molecule has 0 unspecified atom stereocenters. The number of allylic oxidation sites excluding steroid dienone is 3. The predicted octanol–water partition coefficient (Wildman–Crippen LogP) is 2.96. The Bertz CT molecular complexity index is 945. The number of hydrogen-bond acceptors (Lipinski definition) is 7. The van der Waals surface area contributed by atoms with Gasteiger partial charge in [-0.15, -0.1) is 0 Å². The molecule has 3 atom stereocenters. The van der Waals surface area contributed by atoms with Gasteiger partial charge in [0, 0.05) is 22.9 Å². The molecule has 0 saturated heterocycles. The largest absolute Gasteiger partial charge is 0.508 e. The van der Waals surface area contributed by atoms with Crippen LogP contribution in [-0.2, 0) is 23.9 Å². The van der Waals surface area contributed by atoms with Crippen molar-refractivity contribution in [1.29, 1.82) is 0 Å². The molecule has 2 N–H and O–H groups in total. The van der Waals surface area contributed by atoms with Crippen LogP contribution >= 0.6 is 0 Å². The van der Waals surface area contributed by atoms with E-state index in [0.29, 0.717) is 40.9 Å². The molecule has 0 bridgehead atoms. The van der Waals surface area contributed by atoms with E-state index in [9.17, 15) is 19.5 Å². The van der Waals surface area contributed by atoms with Crippen LogP contribution in [0.3, 0.4) is 0 Å². The summed E-state index contributed by atoms with van der Waals surface area (Å²) in [5.41, 5.74) is 2.52. The number of hydrogen-bond donors (Lipinski definition) is 2. The van der Waals surface area contributed by atoms with Crippen molar-refractivity contribution in [3.8, 4) is 5.75 Å². The van der Waals surface area contributed by atoms with E-state index in [2.05, 4.69) is 5.32 Å². The minimum Gasteiger partial charge on any atom is -0.508 e. The molecule has 1 aromatic carbocycles. The summed E-state index contributed by atoms with van der Waals surface area (Å²) in [6.45, 7) is 5.75. The Morgan fingerprint density at radius 2 is 2.03 bits per heavy atom. The van der Waals surface area contributed by atoms with Gasteiger partial charge in [-0.1, -0.05) is 26.0 Å². The summed E-state index contributed by atoms with van der Waals surface area (Å²) in [6, 6.07) is 6.46. The first-order chi connectivity index (χ1) is 14.3. The Morgan fingerprint density at radius 3 is 2.67 bits per heavy atom. The van der Waals surface area contributed by atoms with E-state index in [1.165, 1.54) is 19.2 Å². The van der Waals surface area contributed by atoms with Crippen molar-refractivity contribution >= 4 is 17.7 Å². The minimum absolute atomic E-state index is 0.0215. The molecule has 7 heteroatoms. The number of esters is 2. The number of carbonyl (C=O) groups is 3. The Morgan fingerprint density at radius 1 is 1.30 bits per heavy atom.